The number of hydrogen-bond acceptors (Lipinski definition) is 4. The van der Waals surface area contributed by atoms with Crippen LogP contribution in [0.15, 0.2) is 6.07 Å². The van der Waals surface area contributed by atoms with E-state index < -0.39 is 0 Å². The molecule has 4 heteroatoms. The van der Waals surface area contributed by atoms with Gasteiger partial charge in [-0.15, -0.1) is 11.3 Å². The number of fused-ring (bicyclic) bond motifs is 1. The van der Waals surface area contributed by atoms with Crippen molar-refractivity contribution in [3.63, 3.8) is 0 Å². The van der Waals surface area contributed by atoms with Crippen molar-refractivity contribution in [2.24, 2.45) is 17.6 Å². The molecule has 1 aliphatic heterocycles. The number of aryl methyl sites for hydroxylation is 1. The number of aliphatic hydroxyl groups excluding tert-OH is 1. The molecule has 0 aliphatic carbocycles. The molecule has 2 heterocycles. The van der Waals surface area contributed by atoms with Crippen LogP contribution in [-0.4, -0.2) is 17.4 Å². The van der Waals surface area contributed by atoms with Crippen molar-refractivity contribution in [1.82, 2.24) is 0 Å². The Bertz CT molecular complexity index is 352. The first kappa shape index (κ1) is 13.4. The fourth-order valence-electron chi connectivity index (χ4n) is 2.29. The van der Waals surface area contributed by atoms with Crippen molar-refractivity contribution in [1.29, 1.82) is 0 Å². The van der Waals surface area contributed by atoms with Gasteiger partial charge in [0.1, 0.15) is 0 Å². The molecule has 0 saturated carbocycles. The maximum absolute atomic E-state index is 10.4. The van der Waals surface area contributed by atoms with E-state index in [4.69, 9.17) is 5.73 Å². The third-order valence-corrected chi connectivity index (χ3v) is 5.79. The van der Waals surface area contributed by atoms with Crippen LogP contribution < -0.4 is 5.73 Å². The Hall–Kier alpha value is -0.0300. The van der Waals surface area contributed by atoms with Gasteiger partial charge in [-0.05, 0) is 36.3 Å². The fourth-order valence-corrected chi connectivity index (χ4v) is 4.73. The lowest BCUT2D eigenvalue weighted by Gasteiger charge is -2.23. The van der Waals surface area contributed by atoms with Gasteiger partial charge in [-0.1, -0.05) is 13.8 Å². The Morgan fingerprint density at radius 3 is 2.82 bits per heavy atom. The fraction of sp³-hybridized carbons (Fsp3) is 0.692. The van der Waals surface area contributed by atoms with E-state index in [9.17, 15) is 5.11 Å². The predicted molar refractivity (Wildman–Crippen MR) is 76.5 cm³/mol. The van der Waals surface area contributed by atoms with Gasteiger partial charge in [-0.2, -0.15) is 11.8 Å². The highest BCUT2D eigenvalue weighted by Gasteiger charge is 2.26. The molecule has 17 heavy (non-hydrogen) atoms. The van der Waals surface area contributed by atoms with Gasteiger partial charge in [0.2, 0.25) is 0 Å². The van der Waals surface area contributed by atoms with Gasteiger partial charge in [-0.25, -0.2) is 0 Å². The average molecular weight is 271 g/mol. The summed E-state index contributed by atoms with van der Waals surface area (Å²) in [5.41, 5.74) is 7.21. The minimum absolute atomic E-state index is 0.169. The monoisotopic (exact) mass is 271 g/mol. The van der Waals surface area contributed by atoms with E-state index in [-0.39, 0.29) is 12.0 Å². The maximum Gasteiger partial charge on any atom is 0.0924 e. The molecule has 2 nitrogen and oxygen atoms in total. The molecule has 1 aromatic rings. The largest absolute Gasteiger partial charge is 0.387 e. The highest BCUT2D eigenvalue weighted by Crippen LogP contribution is 2.37. The van der Waals surface area contributed by atoms with Crippen LogP contribution >= 0.6 is 23.1 Å². The van der Waals surface area contributed by atoms with Gasteiger partial charge in [0.05, 0.1) is 6.10 Å². The van der Waals surface area contributed by atoms with Crippen molar-refractivity contribution < 1.29 is 5.11 Å². The molecule has 96 valence electrons. The highest BCUT2D eigenvalue weighted by atomic mass is 32.2. The summed E-state index contributed by atoms with van der Waals surface area (Å²) in [6.07, 6.45) is 0.771. The molecule has 0 bridgehead atoms. The summed E-state index contributed by atoms with van der Waals surface area (Å²) in [6, 6.07) is 2.20. The van der Waals surface area contributed by atoms with Crippen LogP contribution in [0.1, 0.15) is 35.3 Å². The van der Waals surface area contributed by atoms with Crippen LogP contribution in [0, 0.1) is 11.8 Å². The summed E-state index contributed by atoms with van der Waals surface area (Å²) in [7, 11) is 0. The van der Waals surface area contributed by atoms with Gasteiger partial charge in [-0.3, -0.25) is 0 Å². The Balaban J connectivity index is 2.18. The smallest absolute Gasteiger partial charge is 0.0924 e. The minimum Gasteiger partial charge on any atom is -0.387 e. The highest BCUT2D eigenvalue weighted by molar-refractivity contribution is 7.98. The zero-order chi connectivity index (χ0) is 12.4. The zero-order valence-electron chi connectivity index (χ0n) is 10.5. The molecule has 2 rings (SSSR count). The van der Waals surface area contributed by atoms with Gasteiger partial charge in [0, 0.05) is 21.4 Å². The van der Waals surface area contributed by atoms with Crippen LogP contribution in [0.3, 0.4) is 0 Å². The second-order valence-electron chi connectivity index (χ2n) is 4.99. The predicted octanol–water partition coefficient (Wildman–Crippen LogP) is 2.80. The molecule has 2 atom stereocenters. The van der Waals surface area contributed by atoms with Gasteiger partial charge in [0.15, 0.2) is 0 Å². The molecule has 2 unspecified atom stereocenters. The Kier molecular flexibility index (Phi) is 4.53. The molecule has 0 saturated heterocycles. The molecule has 0 aromatic carbocycles. The number of nitrogens with two attached hydrogens (primary N) is 1. The Morgan fingerprint density at radius 2 is 2.24 bits per heavy atom. The zero-order valence-corrected chi connectivity index (χ0v) is 12.1. The Labute approximate surface area is 112 Å². The van der Waals surface area contributed by atoms with Gasteiger partial charge < -0.3 is 10.8 Å². The summed E-state index contributed by atoms with van der Waals surface area (Å²) >= 11 is 3.77. The molecule has 3 N–H and O–H groups in total. The third kappa shape index (κ3) is 2.87. The normalized spacial score (nSPS) is 19.1. The van der Waals surface area contributed by atoms with Crippen molar-refractivity contribution >= 4 is 23.1 Å². The molecular formula is C13H21NOS2. The van der Waals surface area contributed by atoms with Gasteiger partial charge >= 0.3 is 0 Å². The second-order valence-corrected chi connectivity index (χ2v) is 7.26. The summed E-state index contributed by atoms with van der Waals surface area (Å²) < 4.78 is 0. The first-order valence-electron chi connectivity index (χ1n) is 6.20. The van der Waals surface area contributed by atoms with E-state index in [1.54, 1.807) is 11.3 Å². The second kappa shape index (κ2) is 5.74. The molecule has 0 amide bonds. The van der Waals surface area contributed by atoms with Crippen LogP contribution in [-0.2, 0) is 12.2 Å². The summed E-state index contributed by atoms with van der Waals surface area (Å²) in [5.74, 6) is 2.91. The first-order chi connectivity index (χ1) is 8.13. The van der Waals surface area contributed by atoms with Crippen LogP contribution in [0.4, 0.5) is 0 Å². The van der Waals surface area contributed by atoms with E-state index in [0.717, 1.165) is 17.1 Å². The molecule has 1 aromatic heterocycles. The number of hydrogen-bond donors (Lipinski definition) is 2. The summed E-state index contributed by atoms with van der Waals surface area (Å²) in [4.78, 5) is 2.58. The quantitative estimate of drug-likeness (QED) is 0.885. The molecule has 0 spiro atoms. The molecule has 0 radical (unpaired) electrons. The third-order valence-electron chi connectivity index (χ3n) is 3.47. The number of thioether (sulfide) groups is 1. The van der Waals surface area contributed by atoms with Gasteiger partial charge in [0.25, 0.3) is 0 Å². The lowest BCUT2D eigenvalue weighted by atomic mass is 9.89. The summed E-state index contributed by atoms with van der Waals surface area (Å²) in [6.45, 7) is 4.81. The minimum atomic E-state index is -0.388. The van der Waals surface area contributed by atoms with E-state index in [0.29, 0.717) is 12.5 Å². The Morgan fingerprint density at radius 1 is 1.47 bits per heavy atom. The molecule has 0 fully saturated rings. The topological polar surface area (TPSA) is 46.2 Å². The van der Waals surface area contributed by atoms with E-state index >= 15 is 0 Å². The van der Waals surface area contributed by atoms with Crippen LogP contribution in [0.25, 0.3) is 0 Å². The lowest BCUT2D eigenvalue weighted by molar-refractivity contribution is 0.0892. The molecular weight excluding hydrogens is 250 g/mol. The lowest BCUT2D eigenvalue weighted by Crippen LogP contribution is -2.26. The average Bonchev–Trinajstić information content (AvgIpc) is 2.72. The van der Waals surface area contributed by atoms with Crippen molar-refractivity contribution in [3.05, 3.63) is 21.4 Å². The van der Waals surface area contributed by atoms with E-state index in [1.165, 1.54) is 16.2 Å². The molecule has 1 aliphatic rings. The number of thiophene rings is 1. The number of rotatable bonds is 4. The summed E-state index contributed by atoms with van der Waals surface area (Å²) in [5, 5.41) is 10.4. The van der Waals surface area contributed by atoms with Crippen molar-refractivity contribution in [2.75, 3.05) is 12.3 Å². The van der Waals surface area contributed by atoms with E-state index in [2.05, 4.69) is 19.9 Å². The van der Waals surface area contributed by atoms with Crippen molar-refractivity contribution in [2.45, 2.75) is 32.1 Å². The maximum atomic E-state index is 10.4. The number of aliphatic hydroxyl groups is 1. The standard InChI is InChI=1S/C13H21NOS2/c1-8(2)10(6-14)13(15)12-5-9-7-16-4-3-11(9)17-12/h5,8,10,13,15H,3-4,6-7,14H2,1-2H3. The first-order valence-corrected chi connectivity index (χ1v) is 8.18. The van der Waals surface area contributed by atoms with Crippen LogP contribution in [0.2, 0.25) is 0 Å². The SMILES string of the molecule is CC(C)C(CN)C(O)c1cc2c(s1)CCSC2. The van der Waals surface area contributed by atoms with E-state index in [1.807, 2.05) is 11.8 Å². The van der Waals surface area contributed by atoms with Crippen molar-refractivity contribution in [3.8, 4) is 0 Å². The van der Waals surface area contributed by atoms with Crippen LogP contribution in [0.5, 0.6) is 0 Å².